The summed E-state index contributed by atoms with van der Waals surface area (Å²) in [5, 5.41) is 40.3. The van der Waals surface area contributed by atoms with Crippen molar-refractivity contribution in [1.82, 2.24) is 58.5 Å². The second-order valence-electron chi connectivity index (χ2n) is 32.5. The Labute approximate surface area is 727 Å². The van der Waals surface area contributed by atoms with Crippen LogP contribution in [0.4, 0.5) is 4.79 Å². The van der Waals surface area contributed by atoms with Gasteiger partial charge in [0.05, 0.1) is 35.3 Å². The number of fused-ring (bicyclic) bond motifs is 3. The molecule has 1 aliphatic rings. The quantitative estimate of drug-likeness (QED) is 0.00961. The van der Waals surface area contributed by atoms with Crippen molar-refractivity contribution >= 4 is 94.7 Å². The summed E-state index contributed by atoms with van der Waals surface area (Å²) < 4.78 is 11.1. The number of aliphatic carboxylic acids is 1. The van der Waals surface area contributed by atoms with Crippen LogP contribution in [0.25, 0.3) is 11.1 Å². The summed E-state index contributed by atoms with van der Waals surface area (Å²) in [6.45, 7) is 18.6. The van der Waals surface area contributed by atoms with E-state index in [0.29, 0.717) is 16.7 Å². The fraction of sp³-hybridized carbons (Fsp3) is 0.368. The fourth-order valence-corrected chi connectivity index (χ4v) is 17.3. The van der Waals surface area contributed by atoms with Gasteiger partial charge in [0.1, 0.15) is 60.5 Å². The molecule has 11 amide bonds. The summed E-state index contributed by atoms with van der Waals surface area (Å²) in [5.41, 5.74) is 6.10. The zero-order chi connectivity index (χ0) is 89.1. The number of ether oxygens (including phenoxy) is 2. The van der Waals surface area contributed by atoms with Gasteiger partial charge in [-0.1, -0.05) is 272 Å². The highest BCUT2D eigenvalue weighted by Crippen LogP contribution is 2.49. The molecule has 28 heteroatoms. The minimum atomic E-state index is -1.76. The van der Waals surface area contributed by atoms with Crippen molar-refractivity contribution in [3.63, 3.8) is 0 Å². The summed E-state index contributed by atoms with van der Waals surface area (Å²) in [6.07, 6.45) is -2.73. The Hall–Kier alpha value is -12.1. The van der Waals surface area contributed by atoms with Crippen LogP contribution in [0, 0.1) is 17.8 Å². The predicted molar refractivity (Wildman–Crippen MR) is 476 cm³/mol. The summed E-state index contributed by atoms with van der Waals surface area (Å²) in [4.78, 5) is 172. The molecule has 0 unspecified atom stereocenters. The lowest BCUT2D eigenvalue weighted by atomic mass is 9.77. The van der Waals surface area contributed by atoms with Crippen LogP contribution in [0.1, 0.15) is 146 Å². The van der Waals surface area contributed by atoms with Gasteiger partial charge in [-0.3, -0.25) is 47.9 Å². The van der Waals surface area contributed by atoms with E-state index in [9.17, 15) is 53.1 Å². The molecule has 0 radical (unpaired) electrons. The van der Waals surface area contributed by atoms with Crippen LogP contribution in [0.5, 0.6) is 0 Å². The minimum absolute atomic E-state index is 0.0398. The van der Waals surface area contributed by atoms with Gasteiger partial charge in [-0.05, 0) is 114 Å². The number of thioether (sulfide) groups is 2. The number of carboxylic acid groups (broad SMARTS) is 1. The molecule has 650 valence electrons. The number of rotatable bonds is 42. The summed E-state index contributed by atoms with van der Waals surface area (Å²) >= 11 is 2.36. The first kappa shape index (κ1) is 94.7. The molecule has 0 aliphatic heterocycles. The number of hydrogen-bond donors (Lipinski definition) is 12. The number of hydrogen-bond acceptors (Lipinski definition) is 16. The van der Waals surface area contributed by atoms with E-state index in [-0.39, 0.29) is 42.2 Å². The Balaban J connectivity index is 0.934. The average Bonchev–Trinajstić information content (AvgIpc) is 1.60. The van der Waals surface area contributed by atoms with Gasteiger partial charge in [0.25, 0.3) is 0 Å². The lowest BCUT2D eigenvalue weighted by Crippen LogP contribution is -2.62. The number of nitrogens with one attached hydrogen (secondary N) is 11. The number of carbonyl (C=O) groups excluding carboxylic acids is 11. The molecule has 0 saturated heterocycles. The van der Waals surface area contributed by atoms with Crippen LogP contribution in [-0.4, -0.2) is 167 Å². The maximum atomic E-state index is 15.3. The van der Waals surface area contributed by atoms with Gasteiger partial charge in [0.2, 0.25) is 59.1 Å². The van der Waals surface area contributed by atoms with Crippen molar-refractivity contribution in [2.24, 2.45) is 17.8 Å². The van der Waals surface area contributed by atoms with Gasteiger partial charge in [-0.15, -0.1) is 23.5 Å². The first-order valence-electron chi connectivity index (χ1n) is 41.2. The van der Waals surface area contributed by atoms with Gasteiger partial charge in [-0.2, -0.15) is 0 Å². The van der Waals surface area contributed by atoms with Gasteiger partial charge in [-0.25, -0.2) is 9.59 Å². The van der Waals surface area contributed by atoms with Crippen LogP contribution in [0.2, 0.25) is 0 Å². The zero-order valence-corrected chi connectivity index (χ0v) is 73.0. The Morgan fingerprint density at radius 2 is 0.821 bits per heavy atom. The Morgan fingerprint density at radius 1 is 0.415 bits per heavy atom. The maximum Gasteiger partial charge on any atom is 0.407 e. The smallest absolute Gasteiger partial charge is 0.407 e. The standard InChI is InChI=1S/C95H113N11O15S2/c1-58(2)51-76(91(117)118)101-86(112)78(56-123-95(67-41-25-16-26-42-67,68-43-27-17-28-44-68)69-45-29-18-30-46-69)99-80(109)53-96-88(114)83(62(8)121-93(10,11)12)104-87(113)77(55-122-57-97-63(9)107)102-84(110)61(7)98-89(115)81(59(3)4)103-85(111)75(52-79(108)106-94(64-35-19-13-20-36-64,65-37-21-14-22-38-65)66-39-23-15-24-40-66)100-90(116)82(60(5)6)105-92(119)120-54-74-72-49-33-31-47-70(72)71-48-32-34-50-73(71)74/h13-50,58-62,74-78,81-83H,51-57H2,1-12H3,(H,96,114)(H,97,107)(H,98,115)(H,99,109)(H,100,116)(H,101,112)(H,102,110)(H,103,111)(H,104,113)(H,105,119)(H,106,108)(H,117,118)/t61-,62+,75-,76-,77-,78-,81-,82-,83-/m0/s1. The molecular formula is C95H113N11O15S2. The van der Waals surface area contributed by atoms with Crippen molar-refractivity contribution in [2.75, 3.05) is 30.5 Å². The van der Waals surface area contributed by atoms with E-state index in [2.05, 4.69) is 58.5 Å². The molecule has 0 fully saturated rings. The van der Waals surface area contributed by atoms with E-state index in [4.69, 9.17) is 9.47 Å². The molecular weight excluding hydrogens is 1600 g/mol. The SMILES string of the molecule is CC(=O)NCSC[C@H](NC(=O)[C@H](C)NC(=O)[C@@H](NC(=O)[C@H](CC(=O)NC(c1ccccc1)(c1ccccc1)c1ccccc1)NC(=O)[C@@H](NC(=O)OCC1c2ccccc2-c2ccccc21)C(C)C)C(C)C)C(=O)N[C@H](C(=O)NCC(=O)N[C@@H](CSC(c1ccccc1)(c1ccccc1)c1ccccc1)C(=O)N[C@@H](CC(C)C)C(=O)O)[C@@H](C)OC(C)(C)C. The molecule has 8 aromatic carbocycles. The molecule has 0 spiro atoms. The first-order chi connectivity index (χ1) is 58.7. The lowest BCUT2D eigenvalue weighted by Gasteiger charge is -2.37. The Kier molecular flexibility index (Phi) is 34.3. The zero-order valence-electron chi connectivity index (χ0n) is 71.4. The van der Waals surface area contributed by atoms with Gasteiger partial charge < -0.3 is 73.1 Å². The largest absolute Gasteiger partial charge is 0.480 e. The number of alkyl carbamates (subject to hydrolysis) is 1. The molecule has 123 heavy (non-hydrogen) atoms. The topological polar surface area (TPSA) is 376 Å². The number of carbonyl (C=O) groups is 12. The van der Waals surface area contributed by atoms with E-state index >= 15 is 9.59 Å². The third kappa shape index (κ3) is 25.7. The normalized spacial score (nSPS) is 14.2. The number of carboxylic acids is 1. The van der Waals surface area contributed by atoms with Crippen molar-refractivity contribution in [3.8, 4) is 11.1 Å². The second kappa shape index (κ2) is 44.6. The van der Waals surface area contributed by atoms with Gasteiger partial charge in [0.15, 0.2) is 0 Å². The Morgan fingerprint density at radius 3 is 1.28 bits per heavy atom. The van der Waals surface area contributed by atoms with Crippen LogP contribution in [0.15, 0.2) is 231 Å². The molecule has 0 saturated carbocycles. The lowest BCUT2D eigenvalue weighted by molar-refractivity contribution is -0.142. The first-order valence-corrected chi connectivity index (χ1v) is 43.4. The van der Waals surface area contributed by atoms with E-state index in [1.54, 1.807) is 48.5 Å². The molecule has 0 bridgehead atoms. The summed E-state index contributed by atoms with van der Waals surface area (Å²) in [6, 6.07) is 60.0. The van der Waals surface area contributed by atoms with Crippen molar-refractivity contribution in [1.29, 1.82) is 0 Å². The van der Waals surface area contributed by atoms with Crippen molar-refractivity contribution < 1.29 is 72.1 Å². The molecule has 12 N–H and O–H groups in total. The van der Waals surface area contributed by atoms with Crippen molar-refractivity contribution in [3.05, 3.63) is 275 Å². The molecule has 9 rings (SSSR count). The Bertz CT molecular complexity index is 4690. The van der Waals surface area contributed by atoms with Crippen LogP contribution < -0.4 is 58.5 Å². The van der Waals surface area contributed by atoms with Gasteiger partial charge in [0, 0.05) is 24.3 Å². The maximum absolute atomic E-state index is 15.3. The van der Waals surface area contributed by atoms with Crippen LogP contribution in [-0.2, 0) is 72.5 Å². The average molecular weight is 1710 g/mol. The van der Waals surface area contributed by atoms with Gasteiger partial charge >= 0.3 is 12.1 Å². The van der Waals surface area contributed by atoms with E-state index in [0.717, 1.165) is 50.7 Å². The molecule has 0 heterocycles. The van der Waals surface area contributed by atoms with E-state index in [1.165, 1.54) is 32.5 Å². The molecule has 8 aromatic rings. The highest BCUT2D eigenvalue weighted by molar-refractivity contribution is 8.00. The highest BCUT2D eigenvalue weighted by Gasteiger charge is 2.44. The molecule has 9 atom stereocenters. The third-order valence-electron chi connectivity index (χ3n) is 20.9. The molecule has 26 nitrogen and oxygen atoms in total. The van der Waals surface area contributed by atoms with Crippen LogP contribution >= 0.6 is 23.5 Å². The fourth-order valence-electron chi connectivity index (χ4n) is 14.9. The molecule has 1 aliphatic carbocycles. The summed E-state index contributed by atoms with van der Waals surface area (Å²) in [5.74, 6) is -11.9. The van der Waals surface area contributed by atoms with E-state index in [1.807, 2.05) is 244 Å². The number of benzene rings is 8. The van der Waals surface area contributed by atoms with E-state index < -0.39 is 166 Å². The third-order valence-corrected chi connectivity index (χ3v) is 23.4. The number of amides is 11. The highest BCUT2D eigenvalue weighted by atomic mass is 32.2. The predicted octanol–water partition coefficient (Wildman–Crippen LogP) is 10.1. The monoisotopic (exact) mass is 1710 g/mol. The second-order valence-corrected chi connectivity index (χ2v) is 34.8. The summed E-state index contributed by atoms with van der Waals surface area (Å²) in [7, 11) is 0. The minimum Gasteiger partial charge on any atom is -0.480 e. The van der Waals surface area contributed by atoms with Crippen molar-refractivity contribution in [2.45, 2.75) is 172 Å². The molecule has 0 aromatic heterocycles. The van der Waals surface area contributed by atoms with Crippen LogP contribution in [0.3, 0.4) is 0 Å².